The molecule has 1 heterocycles. The minimum absolute atomic E-state index is 0.0152. The topological polar surface area (TPSA) is 95.0 Å². The number of ketones is 1. The highest BCUT2D eigenvalue weighted by Crippen LogP contribution is 2.64. The third-order valence-corrected chi connectivity index (χ3v) is 12.2. The standard InChI is InChI=1S/C23H26N2O.C10H16O4S/c26-23-24(15-17-8-3-1-4-9-17)21-14-19-12-7-13-20(19)22(21)25(23)16-18-10-5-2-6-11-18;1-9(2)7-3-4-10(9,8(11)5-7)6-15(12,13)14/h1-6,8-11,19-22H,7,12-16H2;7H,3-6H2,1-2H3,(H,12,13,14). The molecule has 220 valence electrons. The van der Waals surface area contributed by atoms with E-state index in [4.69, 9.17) is 4.55 Å². The van der Waals surface area contributed by atoms with Crippen molar-refractivity contribution in [1.29, 1.82) is 0 Å². The number of carbonyl (C=O) groups is 2. The third kappa shape index (κ3) is 5.01. The highest BCUT2D eigenvalue weighted by atomic mass is 32.2. The monoisotopic (exact) mass is 578 g/mol. The fourth-order valence-corrected chi connectivity index (χ4v) is 10.4. The summed E-state index contributed by atoms with van der Waals surface area (Å²) in [5.41, 5.74) is 1.35. The van der Waals surface area contributed by atoms with Crippen LogP contribution in [-0.4, -0.2) is 52.4 Å². The van der Waals surface area contributed by atoms with E-state index in [1.165, 1.54) is 36.8 Å². The van der Waals surface area contributed by atoms with E-state index in [-0.39, 0.29) is 23.1 Å². The molecule has 8 heteroatoms. The largest absolute Gasteiger partial charge is 0.321 e. The van der Waals surface area contributed by atoms with Crippen molar-refractivity contribution in [3.8, 4) is 0 Å². The van der Waals surface area contributed by atoms with Crippen LogP contribution in [0.4, 0.5) is 4.79 Å². The van der Waals surface area contributed by atoms with Crippen molar-refractivity contribution in [3.63, 3.8) is 0 Å². The number of carbonyl (C=O) groups excluding carboxylic acids is 2. The fraction of sp³-hybridized carbons (Fsp3) is 0.576. The van der Waals surface area contributed by atoms with Gasteiger partial charge < -0.3 is 9.80 Å². The Labute approximate surface area is 244 Å². The normalized spacial score (nSPS) is 33.1. The number of rotatable bonds is 6. The van der Waals surface area contributed by atoms with Crippen molar-refractivity contribution in [2.75, 3.05) is 5.75 Å². The Balaban J connectivity index is 0.000000172. The van der Waals surface area contributed by atoms with E-state index in [0.717, 1.165) is 25.4 Å². The Bertz CT molecular complexity index is 1400. The molecule has 1 N–H and O–H groups in total. The Kier molecular flexibility index (Phi) is 7.30. The Morgan fingerprint density at radius 3 is 2.02 bits per heavy atom. The molecule has 41 heavy (non-hydrogen) atoms. The van der Waals surface area contributed by atoms with Gasteiger partial charge in [-0.3, -0.25) is 9.35 Å². The van der Waals surface area contributed by atoms with Crippen LogP contribution in [0.2, 0.25) is 0 Å². The molecule has 0 spiro atoms. The summed E-state index contributed by atoms with van der Waals surface area (Å²) in [7, 11) is -4.08. The summed E-state index contributed by atoms with van der Waals surface area (Å²) in [5, 5.41) is 0. The second-order valence-corrected chi connectivity index (χ2v) is 15.0. The van der Waals surface area contributed by atoms with Gasteiger partial charge in [0.05, 0.1) is 23.3 Å². The lowest BCUT2D eigenvalue weighted by atomic mass is 9.70. The van der Waals surface area contributed by atoms with Gasteiger partial charge >= 0.3 is 6.03 Å². The highest BCUT2D eigenvalue weighted by molar-refractivity contribution is 7.85. The first kappa shape index (κ1) is 28.4. The molecule has 7 nitrogen and oxygen atoms in total. The summed E-state index contributed by atoms with van der Waals surface area (Å²) in [5.74, 6) is 1.42. The van der Waals surface area contributed by atoms with E-state index in [0.29, 0.717) is 30.8 Å². The first-order valence-corrected chi connectivity index (χ1v) is 16.7. The van der Waals surface area contributed by atoms with Crippen molar-refractivity contribution >= 4 is 21.9 Å². The van der Waals surface area contributed by atoms with E-state index in [1.54, 1.807) is 0 Å². The minimum Gasteiger partial charge on any atom is -0.315 e. The number of hydrogen-bond acceptors (Lipinski definition) is 4. The van der Waals surface area contributed by atoms with E-state index in [1.807, 2.05) is 26.0 Å². The van der Waals surface area contributed by atoms with Gasteiger partial charge in [-0.1, -0.05) is 87.4 Å². The molecule has 1 saturated heterocycles. The van der Waals surface area contributed by atoms with Crippen LogP contribution in [0, 0.1) is 28.6 Å². The van der Waals surface area contributed by atoms with Gasteiger partial charge in [-0.2, -0.15) is 8.42 Å². The van der Waals surface area contributed by atoms with Crippen LogP contribution in [-0.2, 0) is 28.0 Å². The molecule has 2 bridgehead atoms. The number of fused-ring (bicyclic) bond motifs is 5. The van der Waals surface area contributed by atoms with Gasteiger partial charge in [0.15, 0.2) is 0 Å². The first-order chi connectivity index (χ1) is 19.5. The van der Waals surface area contributed by atoms with Crippen molar-refractivity contribution in [3.05, 3.63) is 71.8 Å². The number of benzene rings is 2. The SMILES string of the molecule is CC1(C)C2CCC1(CS(=O)(=O)O)C(=O)C2.O=C1N(Cc2ccccc2)C2CC3CCCC3C2N1Cc1ccccc1. The summed E-state index contributed by atoms with van der Waals surface area (Å²) in [6, 6.07) is 21.9. The number of amides is 2. The third-order valence-electron chi connectivity index (χ3n) is 11.3. The van der Waals surface area contributed by atoms with Gasteiger partial charge in [0.1, 0.15) is 5.78 Å². The van der Waals surface area contributed by atoms with Crippen molar-refractivity contribution in [1.82, 2.24) is 9.80 Å². The van der Waals surface area contributed by atoms with Crippen LogP contribution in [0.15, 0.2) is 60.7 Å². The molecule has 0 aromatic heterocycles. The molecule has 7 rings (SSSR count). The number of nitrogens with zero attached hydrogens (tertiary/aromatic N) is 2. The molecule has 2 aromatic carbocycles. The van der Waals surface area contributed by atoms with Crippen LogP contribution >= 0.6 is 0 Å². The number of urea groups is 1. The molecule has 6 atom stereocenters. The zero-order valence-corrected chi connectivity index (χ0v) is 24.9. The van der Waals surface area contributed by atoms with Crippen molar-refractivity contribution in [2.24, 2.45) is 28.6 Å². The lowest BCUT2D eigenvalue weighted by Gasteiger charge is -2.35. The van der Waals surface area contributed by atoms with Crippen LogP contribution in [0.3, 0.4) is 0 Å². The van der Waals surface area contributed by atoms with Crippen molar-refractivity contribution < 1.29 is 22.6 Å². The minimum atomic E-state index is -4.08. The van der Waals surface area contributed by atoms with Crippen molar-refractivity contribution in [2.45, 2.75) is 84.0 Å². The molecule has 5 fully saturated rings. The maximum absolute atomic E-state index is 13.4. The Morgan fingerprint density at radius 1 is 0.878 bits per heavy atom. The molecule has 1 aliphatic heterocycles. The van der Waals surface area contributed by atoms with Crippen LogP contribution in [0.1, 0.15) is 69.9 Å². The first-order valence-electron chi connectivity index (χ1n) is 15.1. The second-order valence-electron chi connectivity index (χ2n) is 13.6. The average Bonchev–Trinajstić information content (AvgIpc) is 3.67. The van der Waals surface area contributed by atoms with E-state index < -0.39 is 21.3 Å². The lowest BCUT2D eigenvalue weighted by Crippen LogP contribution is -2.42. The van der Waals surface area contributed by atoms with Crippen LogP contribution < -0.4 is 0 Å². The van der Waals surface area contributed by atoms with Crippen LogP contribution in [0.25, 0.3) is 0 Å². The lowest BCUT2D eigenvalue weighted by molar-refractivity contribution is -0.128. The summed E-state index contributed by atoms with van der Waals surface area (Å²) in [6.07, 6.45) is 7.15. The second kappa shape index (κ2) is 10.5. The molecule has 4 saturated carbocycles. The maximum Gasteiger partial charge on any atom is 0.321 e. The summed E-state index contributed by atoms with van der Waals surface area (Å²) in [6.45, 7) is 5.38. The van der Waals surface area contributed by atoms with Gasteiger partial charge in [-0.25, -0.2) is 4.79 Å². The Morgan fingerprint density at radius 2 is 1.49 bits per heavy atom. The highest BCUT2D eigenvalue weighted by Gasteiger charge is 2.65. The molecular formula is C33H42N2O5S. The maximum atomic E-state index is 13.4. The fourth-order valence-electron chi connectivity index (χ4n) is 9.07. The van der Waals surface area contributed by atoms with Gasteiger partial charge in [-0.05, 0) is 60.0 Å². The predicted molar refractivity (Wildman–Crippen MR) is 157 cm³/mol. The number of Topliss-reactive ketones (excluding diaryl/α,β-unsaturated/α-hetero) is 1. The molecule has 4 aliphatic carbocycles. The quantitative estimate of drug-likeness (QED) is 0.428. The molecule has 2 aromatic rings. The molecular weight excluding hydrogens is 536 g/mol. The zero-order chi connectivity index (χ0) is 29.0. The summed E-state index contributed by atoms with van der Waals surface area (Å²) >= 11 is 0. The van der Waals surface area contributed by atoms with E-state index >= 15 is 0 Å². The molecule has 6 unspecified atom stereocenters. The van der Waals surface area contributed by atoms with E-state index in [2.05, 4.69) is 58.3 Å². The zero-order valence-electron chi connectivity index (χ0n) is 24.1. The molecule has 0 radical (unpaired) electrons. The Hall–Kier alpha value is -2.71. The van der Waals surface area contributed by atoms with Gasteiger partial charge in [0.2, 0.25) is 0 Å². The predicted octanol–water partition coefficient (Wildman–Crippen LogP) is 5.95. The van der Waals surface area contributed by atoms with Crippen LogP contribution in [0.5, 0.6) is 0 Å². The smallest absolute Gasteiger partial charge is 0.315 e. The van der Waals surface area contributed by atoms with E-state index in [9.17, 15) is 18.0 Å². The molecule has 2 amide bonds. The summed E-state index contributed by atoms with van der Waals surface area (Å²) < 4.78 is 31.0. The van der Waals surface area contributed by atoms with Gasteiger partial charge in [0.25, 0.3) is 10.1 Å². The summed E-state index contributed by atoms with van der Waals surface area (Å²) in [4.78, 5) is 29.6. The number of hydrogen-bond donors (Lipinski definition) is 1. The molecule has 5 aliphatic rings. The van der Waals surface area contributed by atoms with Gasteiger partial charge in [-0.15, -0.1) is 0 Å². The average molecular weight is 579 g/mol. The van der Waals surface area contributed by atoms with Gasteiger partial charge in [0, 0.05) is 19.5 Å².